The van der Waals surface area contributed by atoms with Crippen molar-refractivity contribution < 1.29 is 18.3 Å². The first-order valence-corrected chi connectivity index (χ1v) is 10.5. The highest BCUT2D eigenvalue weighted by molar-refractivity contribution is 5.95. The number of aryl methyl sites for hydroxylation is 1. The highest BCUT2D eigenvalue weighted by Crippen LogP contribution is 2.35. The molecule has 11 heteroatoms. The average molecular weight is 444 g/mol. The van der Waals surface area contributed by atoms with Gasteiger partial charge in [-0.2, -0.15) is 5.10 Å². The zero-order chi connectivity index (χ0) is 22.5. The normalized spacial score (nSPS) is 18.2. The molecule has 168 valence electrons. The van der Waals surface area contributed by atoms with E-state index in [1.54, 1.807) is 31.4 Å². The van der Waals surface area contributed by atoms with Crippen molar-refractivity contribution in [1.29, 1.82) is 0 Å². The predicted octanol–water partition coefficient (Wildman–Crippen LogP) is 2.22. The Kier molecular flexibility index (Phi) is 4.83. The number of hydrogen-bond donors (Lipinski definition) is 0. The summed E-state index contributed by atoms with van der Waals surface area (Å²) in [5.74, 6) is -2.04. The van der Waals surface area contributed by atoms with Crippen molar-refractivity contribution >= 4 is 23.1 Å². The van der Waals surface area contributed by atoms with Gasteiger partial charge < -0.3 is 14.5 Å². The van der Waals surface area contributed by atoms with Gasteiger partial charge in [0.1, 0.15) is 0 Å². The Hall–Kier alpha value is -3.50. The van der Waals surface area contributed by atoms with Gasteiger partial charge in [-0.3, -0.25) is 9.20 Å². The first-order chi connectivity index (χ1) is 15.3. The first-order valence-electron chi connectivity index (χ1n) is 10.5. The number of anilines is 2. The molecule has 0 radical (unpaired) electrons. The van der Waals surface area contributed by atoms with Crippen molar-refractivity contribution in [3.8, 4) is 5.75 Å². The molecule has 1 saturated heterocycles. The van der Waals surface area contributed by atoms with Crippen molar-refractivity contribution in [1.82, 2.24) is 24.1 Å². The third-order valence-electron chi connectivity index (χ3n) is 5.87. The van der Waals surface area contributed by atoms with E-state index >= 15 is 0 Å². The summed E-state index contributed by atoms with van der Waals surface area (Å²) in [4.78, 5) is 32.8. The molecule has 0 spiro atoms. The second-order valence-electron chi connectivity index (χ2n) is 8.07. The average Bonchev–Trinajstić information content (AvgIpc) is 2.94. The molecule has 0 bridgehead atoms. The Labute approximate surface area is 181 Å². The maximum absolute atomic E-state index is 13.4. The summed E-state index contributed by atoms with van der Waals surface area (Å²) in [5.41, 5.74) is 1.38. The fourth-order valence-corrected chi connectivity index (χ4v) is 4.08. The topological polar surface area (TPSA) is 85.0 Å². The molecule has 2 aliphatic heterocycles. The molecule has 5 heterocycles. The lowest BCUT2D eigenvalue weighted by Gasteiger charge is -2.31. The van der Waals surface area contributed by atoms with E-state index in [0.717, 1.165) is 12.1 Å². The highest BCUT2D eigenvalue weighted by Gasteiger charge is 2.36. The molecular formula is C21H22F2N6O3. The summed E-state index contributed by atoms with van der Waals surface area (Å²) >= 11 is 0. The van der Waals surface area contributed by atoms with Crippen molar-refractivity contribution in [3.63, 3.8) is 0 Å². The first kappa shape index (κ1) is 20.4. The monoisotopic (exact) mass is 444 g/mol. The molecule has 0 unspecified atom stereocenters. The van der Waals surface area contributed by atoms with Crippen LogP contribution in [0.5, 0.6) is 5.75 Å². The number of likely N-dealkylation sites (tertiary alicyclic amines) is 1. The molecule has 2 aliphatic rings. The number of piperidine rings is 1. The third-order valence-corrected chi connectivity index (χ3v) is 5.87. The smallest absolute Gasteiger partial charge is 0.350 e. The van der Waals surface area contributed by atoms with E-state index < -0.39 is 5.92 Å². The molecule has 0 saturated carbocycles. The number of amides is 1. The van der Waals surface area contributed by atoms with Gasteiger partial charge >= 0.3 is 5.69 Å². The van der Waals surface area contributed by atoms with E-state index in [-0.39, 0.29) is 37.5 Å². The SMILES string of the molecule is Cn1nc2cc(N3CCCOc4cc(C(=O)N5CCC(F)(F)CC5)cnc43)ccn2c1=O. The quantitative estimate of drug-likeness (QED) is 0.603. The Bertz CT molecular complexity index is 1240. The summed E-state index contributed by atoms with van der Waals surface area (Å²) < 4.78 is 35.5. The predicted molar refractivity (Wildman–Crippen MR) is 112 cm³/mol. The molecule has 3 aromatic rings. The summed E-state index contributed by atoms with van der Waals surface area (Å²) in [6.45, 7) is 1.10. The molecule has 3 aromatic heterocycles. The van der Waals surface area contributed by atoms with Crippen LogP contribution in [-0.2, 0) is 7.05 Å². The summed E-state index contributed by atoms with van der Waals surface area (Å²) in [7, 11) is 1.59. The number of fused-ring (bicyclic) bond motifs is 2. The minimum atomic E-state index is -2.72. The van der Waals surface area contributed by atoms with Crippen LogP contribution in [0.2, 0.25) is 0 Å². The Morgan fingerprint density at radius 1 is 1.19 bits per heavy atom. The molecule has 1 amide bonds. The van der Waals surface area contributed by atoms with Crippen molar-refractivity contribution in [3.05, 3.63) is 46.6 Å². The van der Waals surface area contributed by atoms with Crippen molar-refractivity contribution in [2.24, 2.45) is 7.05 Å². The van der Waals surface area contributed by atoms with E-state index in [4.69, 9.17) is 4.74 Å². The number of hydrogen-bond acceptors (Lipinski definition) is 6. The lowest BCUT2D eigenvalue weighted by molar-refractivity contribution is -0.0494. The van der Waals surface area contributed by atoms with Crippen LogP contribution in [-0.4, -0.2) is 62.1 Å². The fraction of sp³-hybridized carbons (Fsp3) is 0.429. The lowest BCUT2D eigenvalue weighted by atomic mass is 10.1. The van der Waals surface area contributed by atoms with Gasteiger partial charge in [0.15, 0.2) is 17.2 Å². The number of carbonyl (C=O) groups is 1. The number of rotatable bonds is 2. The van der Waals surface area contributed by atoms with Crippen molar-refractivity contribution in [2.45, 2.75) is 25.2 Å². The van der Waals surface area contributed by atoms with E-state index in [9.17, 15) is 18.4 Å². The number of halogens is 2. The number of alkyl halides is 2. The van der Waals surface area contributed by atoms with Gasteiger partial charge in [0, 0.05) is 63.7 Å². The van der Waals surface area contributed by atoms with Gasteiger partial charge in [0.2, 0.25) is 0 Å². The van der Waals surface area contributed by atoms with Crippen LogP contribution in [0.3, 0.4) is 0 Å². The van der Waals surface area contributed by atoms with Crippen LogP contribution in [0, 0.1) is 0 Å². The van der Waals surface area contributed by atoms with Crippen LogP contribution in [0.1, 0.15) is 29.6 Å². The Balaban J connectivity index is 1.45. The maximum atomic E-state index is 13.4. The molecule has 0 atom stereocenters. The number of pyridine rings is 2. The zero-order valence-corrected chi connectivity index (χ0v) is 17.5. The van der Waals surface area contributed by atoms with Gasteiger partial charge in [-0.05, 0) is 18.6 Å². The minimum absolute atomic E-state index is 0.0133. The number of carbonyl (C=O) groups excluding carboxylic acids is 1. The van der Waals surface area contributed by atoms with Gasteiger partial charge in [0.05, 0.1) is 12.2 Å². The van der Waals surface area contributed by atoms with E-state index in [1.165, 1.54) is 20.2 Å². The van der Waals surface area contributed by atoms with Gasteiger partial charge in [-0.15, -0.1) is 0 Å². The summed E-state index contributed by atoms with van der Waals surface area (Å²) in [6, 6.07) is 5.23. The Morgan fingerprint density at radius 3 is 2.75 bits per heavy atom. The second-order valence-corrected chi connectivity index (χ2v) is 8.07. The van der Waals surface area contributed by atoms with Gasteiger partial charge in [-0.25, -0.2) is 23.2 Å². The van der Waals surface area contributed by atoms with E-state index in [1.807, 2.05) is 4.90 Å². The van der Waals surface area contributed by atoms with Gasteiger partial charge in [-0.1, -0.05) is 0 Å². The largest absolute Gasteiger partial charge is 0.490 e. The van der Waals surface area contributed by atoms with Crippen LogP contribution in [0.25, 0.3) is 5.65 Å². The second kappa shape index (κ2) is 7.57. The minimum Gasteiger partial charge on any atom is -0.490 e. The maximum Gasteiger partial charge on any atom is 0.350 e. The van der Waals surface area contributed by atoms with Crippen LogP contribution in [0.4, 0.5) is 20.3 Å². The molecule has 9 nitrogen and oxygen atoms in total. The number of aromatic nitrogens is 4. The summed E-state index contributed by atoms with van der Waals surface area (Å²) in [5, 5.41) is 4.23. The van der Waals surface area contributed by atoms with Crippen molar-refractivity contribution in [2.75, 3.05) is 31.1 Å². The number of nitrogens with zero attached hydrogens (tertiary/aromatic N) is 6. The molecule has 0 N–H and O–H groups in total. The molecule has 0 aliphatic carbocycles. The summed E-state index contributed by atoms with van der Waals surface area (Å²) in [6.07, 6.45) is 3.18. The molecule has 32 heavy (non-hydrogen) atoms. The van der Waals surface area contributed by atoms with E-state index in [2.05, 4.69) is 10.1 Å². The highest BCUT2D eigenvalue weighted by atomic mass is 19.3. The zero-order valence-electron chi connectivity index (χ0n) is 17.5. The third kappa shape index (κ3) is 3.57. The Morgan fingerprint density at radius 2 is 1.97 bits per heavy atom. The van der Waals surface area contributed by atoms with Crippen LogP contribution < -0.4 is 15.3 Å². The molecule has 0 aromatic carbocycles. The molecule has 1 fully saturated rings. The van der Waals surface area contributed by atoms with E-state index in [0.29, 0.717) is 35.9 Å². The molecular weight excluding hydrogens is 422 g/mol. The molecule has 5 rings (SSSR count). The van der Waals surface area contributed by atoms with Crippen LogP contribution >= 0.6 is 0 Å². The van der Waals surface area contributed by atoms with Gasteiger partial charge in [0.25, 0.3) is 11.8 Å². The standard InChI is InChI=1S/C21H22F2N6O3/c1-26-20(31)29-7-3-15(12-17(29)25-26)28-6-2-10-32-16-11-14(13-24-18(16)28)19(30)27-8-4-21(22,23)5-9-27/h3,7,11-13H,2,4-6,8-10H2,1H3. The van der Waals surface area contributed by atoms with Crippen LogP contribution in [0.15, 0.2) is 35.4 Å². The lowest BCUT2D eigenvalue weighted by Crippen LogP contribution is -2.42. The number of ether oxygens (including phenoxy) is 1. The fourth-order valence-electron chi connectivity index (χ4n) is 4.08.